The van der Waals surface area contributed by atoms with Gasteiger partial charge in [0.05, 0.1) is 11.2 Å². The fourth-order valence-electron chi connectivity index (χ4n) is 8.13. The van der Waals surface area contributed by atoms with Crippen molar-refractivity contribution < 1.29 is 65.1 Å². The van der Waals surface area contributed by atoms with E-state index < -0.39 is 88.4 Å². The number of carbonyl (C=O) groups excluding carboxylic acids is 2. The molecule has 2 bridgehead atoms. The van der Waals surface area contributed by atoms with E-state index in [0.717, 1.165) is 27.7 Å². The molecule has 0 radical (unpaired) electrons. The van der Waals surface area contributed by atoms with E-state index in [1.54, 1.807) is 27.7 Å². The van der Waals surface area contributed by atoms with Gasteiger partial charge in [-0.25, -0.2) is 9.59 Å². The SMILES string of the molecule is C=C(C)C(=O)OCC(=O)OC1CC2CC1C(C(CC)(CC)OC(C)(C)C(C)(O)C(F)(F)F)C2C(CC)(CC)OC(C)(C)C(C)(O)C(F)(F)F. The van der Waals surface area contributed by atoms with Gasteiger partial charge in [-0.2, -0.15) is 26.3 Å². The van der Waals surface area contributed by atoms with Crippen LogP contribution in [-0.4, -0.2) is 80.8 Å². The summed E-state index contributed by atoms with van der Waals surface area (Å²) in [5.74, 6) is -3.90. The summed E-state index contributed by atoms with van der Waals surface area (Å²) in [6.07, 6.45) is -9.64. The van der Waals surface area contributed by atoms with E-state index >= 15 is 0 Å². The van der Waals surface area contributed by atoms with E-state index in [9.17, 15) is 46.1 Å². The highest BCUT2D eigenvalue weighted by Gasteiger charge is 2.70. The molecule has 7 unspecified atom stereocenters. The summed E-state index contributed by atoms with van der Waals surface area (Å²) in [5, 5.41) is 21.6. The van der Waals surface area contributed by atoms with Crippen molar-refractivity contribution in [3.8, 4) is 0 Å². The minimum atomic E-state index is -5.08. The quantitative estimate of drug-likeness (QED) is 0.0953. The number of rotatable bonds is 16. The lowest BCUT2D eigenvalue weighted by atomic mass is 9.60. The molecule has 2 aliphatic rings. The number of ether oxygens (including phenoxy) is 4. The summed E-state index contributed by atoms with van der Waals surface area (Å²) in [5.41, 5.74) is -13.7. The first kappa shape index (κ1) is 43.3. The highest BCUT2D eigenvalue weighted by Crippen LogP contribution is 2.65. The third-order valence-electron chi connectivity index (χ3n) is 11.9. The smallest absolute Gasteiger partial charge is 0.419 e. The van der Waals surface area contributed by atoms with Crippen LogP contribution < -0.4 is 0 Å². The standard InChI is InChI=1S/C35H56F6O8/c1-13-32(14-2,48-28(7,8)30(11,44)34(36,37)38)25-21-17-22(23(18-21)47-24(42)19-46-27(43)20(5)6)26(25)33(15-3,16-4)49-29(9,10)31(12,45)35(39,40)41/h21-23,25-26,44-45H,5,13-19H2,1-4,6-12H3. The van der Waals surface area contributed by atoms with E-state index in [1.807, 2.05) is 0 Å². The average molecular weight is 719 g/mol. The Morgan fingerprint density at radius 3 is 1.45 bits per heavy atom. The molecule has 0 aliphatic heterocycles. The molecule has 0 heterocycles. The number of halogens is 6. The Labute approximate surface area is 286 Å². The molecule has 14 heteroatoms. The Morgan fingerprint density at radius 1 is 0.714 bits per heavy atom. The van der Waals surface area contributed by atoms with Gasteiger partial charge in [-0.3, -0.25) is 0 Å². The monoisotopic (exact) mass is 718 g/mol. The molecule has 0 aromatic carbocycles. The van der Waals surface area contributed by atoms with Crippen LogP contribution in [0.5, 0.6) is 0 Å². The minimum absolute atomic E-state index is 0.0729. The summed E-state index contributed by atoms with van der Waals surface area (Å²) in [6, 6.07) is 0. The Kier molecular flexibility index (Phi) is 12.6. The van der Waals surface area contributed by atoms with Gasteiger partial charge in [-0.1, -0.05) is 34.3 Å². The molecule has 2 aliphatic carbocycles. The Morgan fingerprint density at radius 2 is 1.10 bits per heavy atom. The van der Waals surface area contributed by atoms with Crippen molar-refractivity contribution in [1.29, 1.82) is 0 Å². The van der Waals surface area contributed by atoms with Crippen molar-refractivity contribution in [3.05, 3.63) is 12.2 Å². The first-order valence-electron chi connectivity index (χ1n) is 17.0. The van der Waals surface area contributed by atoms with Crippen molar-refractivity contribution in [1.82, 2.24) is 0 Å². The molecule has 2 N–H and O–H groups in total. The molecule has 0 saturated heterocycles. The summed E-state index contributed by atoms with van der Waals surface area (Å²) in [4.78, 5) is 24.7. The van der Waals surface area contributed by atoms with Gasteiger partial charge in [-0.05, 0) is 98.8 Å². The number of carbonyl (C=O) groups is 2. The largest absolute Gasteiger partial charge is 0.460 e. The molecule has 286 valence electrons. The van der Waals surface area contributed by atoms with E-state index in [-0.39, 0.29) is 43.6 Å². The van der Waals surface area contributed by atoms with Crippen LogP contribution in [0.1, 0.15) is 115 Å². The lowest BCUT2D eigenvalue weighted by molar-refractivity contribution is -0.351. The van der Waals surface area contributed by atoms with Crippen LogP contribution >= 0.6 is 0 Å². The lowest BCUT2D eigenvalue weighted by Crippen LogP contribution is -2.67. The second-order valence-corrected chi connectivity index (χ2v) is 15.2. The van der Waals surface area contributed by atoms with Crippen LogP contribution in [0.15, 0.2) is 12.2 Å². The molecule has 0 aromatic rings. The number of hydrogen-bond acceptors (Lipinski definition) is 8. The van der Waals surface area contributed by atoms with E-state index in [1.165, 1.54) is 6.92 Å². The summed E-state index contributed by atoms with van der Waals surface area (Å²) in [7, 11) is 0. The van der Waals surface area contributed by atoms with Gasteiger partial charge in [-0.15, -0.1) is 0 Å². The molecular formula is C35H56F6O8. The Bertz CT molecular complexity index is 1200. The molecular weight excluding hydrogens is 662 g/mol. The summed E-state index contributed by atoms with van der Waals surface area (Å²) >= 11 is 0. The van der Waals surface area contributed by atoms with Crippen molar-refractivity contribution in [2.45, 2.75) is 167 Å². The second kappa shape index (κ2) is 14.3. The number of fused-ring (bicyclic) bond motifs is 2. The van der Waals surface area contributed by atoms with Gasteiger partial charge >= 0.3 is 24.3 Å². The summed E-state index contributed by atoms with van der Waals surface area (Å²) < 4.78 is 109. The van der Waals surface area contributed by atoms with Crippen LogP contribution in [0.3, 0.4) is 0 Å². The first-order valence-corrected chi connectivity index (χ1v) is 17.0. The number of aliphatic hydroxyl groups is 2. The van der Waals surface area contributed by atoms with Gasteiger partial charge in [0.2, 0.25) is 0 Å². The number of hydrogen-bond donors (Lipinski definition) is 2. The fourth-order valence-corrected chi connectivity index (χ4v) is 8.13. The molecule has 49 heavy (non-hydrogen) atoms. The second-order valence-electron chi connectivity index (χ2n) is 15.2. The summed E-state index contributed by atoms with van der Waals surface area (Å²) in [6.45, 7) is 17.0. The molecule has 7 atom stereocenters. The molecule has 8 nitrogen and oxygen atoms in total. The predicted molar refractivity (Wildman–Crippen MR) is 169 cm³/mol. The van der Waals surface area contributed by atoms with Crippen LogP contribution in [0, 0.1) is 23.7 Å². The molecule has 2 rings (SSSR count). The number of esters is 2. The van der Waals surface area contributed by atoms with Crippen molar-refractivity contribution in [3.63, 3.8) is 0 Å². The molecule has 0 aromatic heterocycles. The highest BCUT2D eigenvalue weighted by atomic mass is 19.4. The maximum atomic E-state index is 14.2. The van der Waals surface area contributed by atoms with Crippen LogP contribution in [-0.2, 0) is 28.5 Å². The van der Waals surface area contributed by atoms with E-state index in [2.05, 4.69) is 6.58 Å². The first-order chi connectivity index (χ1) is 22.0. The Balaban J connectivity index is 2.76. The van der Waals surface area contributed by atoms with Crippen LogP contribution in [0.4, 0.5) is 26.3 Å². The van der Waals surface area contributed by atoms with Gasteiger partial charge < -0.3 is 29.2 Å². The maximum absolute atomic E-state index is 14.2. The van der Waals surface area contributed by atoms with Gasteiger partial charge in [0.1, 0.15) is 17.3 Å². The fraction of sp³-hybridized carbons (Fsp3) is 0.886. The van der Waals surface area contributed by atoms with Gasteiger partial charge in [0, 0.05) is 17.4 Å². The predicted octanol–water partition coefficient (Wildman–Crippen LogP) is 7.62. The topological polar surface area (TPSA) is 112 Å². The van der Waals surface area contributed by atoms with Gasteiger partial charge in [0.25, 0.3) is 0 Å². The number of alkyl halides is 6. The van der Waals surface area contributed by atoms with Crippen LogP contribution in [0.25, 0.3) is 0 Å². The zero-order valence-electron chi connectivity index (χ0n) is 30.7. The lowest BCUT2D eigenvalue weighted by Gasteiger charge is -2.58. The molecule has 2 fully saturated rings. The Hall–Kier alpha value is -1.90. The zero-order chi connectivity index (χ0) is 38.4. The average Bonchev–Trinajstić information content (AvgIpc) is 3.55. The third-order valence-corrected chi connectivity index (χ3v) is 11.9. The highest BCUT2D eigenvalue weighted by molar-refractivity contribution is 5.88. The molecule has 0 amide bonds. The van der Waals surface area contributed by atoms with Gasteiger partial charge in [0.15, 0.2) is 17.8 Å². The van der Waals surface area contributed by atoms with Crippen molar-refractivity contribution >= 4 is 11.9 Å². The third kappa shape index (κ3) is 7.82. The van der Waals surface area contributed by atoms with Crippen LogP contribution in [0.2, 0.25) is 0 Å². The molecule has 0 spiro atoms. The van der Waals surface area contributed by atoms with Crippen molar-refractivity contribution in [2.24, 2.45) is 23.7 Å². The molecule has 2 saturated carbocycles. The van der Waals surface area contributed by atoms with Crippen molar-refractivity contribution in [2.75, 3.05) is 6.61 Å². The van der Waals surface area contributed by atoms with E-state index in [0.29, 0.717) is 20.3 Å². The van der Waals surface area contributed by atoms with E-state index in [4.69, 9.17) is 18.9 Å². The maximum Gasteiger partial charge on any atom is 0.419 e. The zero-order valence-corrected chi connectivity index (χ0v) is 30.7. The normalized spacial score (nSPS) is 26.2. The minimum Gasteiger partial charge on any atom is -0.460 e.